The van der Waals surface area contributed by atoms with Crippen molar-refractivity contribution in [2.75, 3.05) is 0 Å². The van der Waals surface area contributed by atoms with Gasteiger partial charge in [-0.1, -0.05) is 42.5 Å². The molecule has 0 saturated heterocycles. The van der Waals surface area contributed by atoms with Gasteiger partial charge in [0.15, 0.2) is 0 Å². The van der Waals surface area contributed by atoms with Gasteiger partial charge < -0.3 is 9.59 Å². The van der Waals surface area contributed by atoms with Gasteiger partial charge in [0.2, 0.25) is 0 Å². The predicted molar refractivity (Wildman–Crippen MR) is 64.0 cm³/mol. The molecule has 0 fully saturated rings. The Balaban J connectivity index is 2.76. The van der Waals surface area contributed by atoms with E-state index in [2.05, 4.69) is 6.58 Å². The van der Waals surface area contributed by atoms with Crippen molar-refractivity contribution in [2.24, 2.45) is 0 Å². The molecule has 3 heteroatoms. The molecule has 0 unspecified atom stereocenters. The van der Waals surface area contributed by atoms with Gasteiger partial charge in [0.1, 0.15) is 0 Å². The quantitative estimate of drug-likeness (QED) is 0.741. The second-order valence-corrected chi connectivity index (χ2v) is 5.86. The first-order chi connectivity index (χ1) is 7.15. The topological polar surface area (TPSA) is 40.5 Å². The van der Waals surface area contributed by atoms with Crippen molar-refractivity contribution in [1.29, 1.82) is 0 Å². The molecular weight excluding hydrogens is 204 g/mol. The van der Waals surface area contributed by atoms with E-state index >= 15 is 0 Å². The first-order valence-corrected chi connectivity index (χ1v) is 6.69. The van der Waals surface area contributed by atoms with Crippen LogP contribution in [0.1, 0.15) is 0 Å². The molecule has 0 amide bonds. The van der Waals surface area contributed by atoms with Crippen molar-refractivity contribution in [1.82, 2.24) is 0 Å². The summed E-state index contributed by atoms with van der Waals surface area (Å²) in [7, 11) is -3.45. The molecule has 0 heterocycles. The van der Waals surface area contributed by atoms with E-state index in [0.717, 1.165) is 10.8 Å². The molecule has 2 rings (SSSR count). The average molecular weight is 216 g/mol. The first kappa shape index (κ1) is 10.1. The fourth-order valence-corrected chi connectivity index (χ4v) is 2.84. The monoisotopic (exact) mass is 216 g/mol. The van der Waals surface area contributed by atoms with Gasteiger partial charge >= 0.3 is 8.56 Å². The van der Waals surface area contributed by atoms with Crippen molar-refractivity contribution in [2.45, 2.75) is 0 Å². The Morgan fingerprint density at radius 1 is 1.00 bits per heavy atom. The highest BCUT2D eigenvalue weighted by molar-refractivity contribution is 6.85. The van der Waals surface area contributed by atoms with Gasteiger partial charge in [-0.2, -0.15) is 0 Å². The standard InChI is InChI=1S/C12H12O2Si/c1-2-15(13,14)12-9-5-7-10-6-3-4-8-11(10)12/h2-9,13-14H,1H2. The van der Waals surface area contributed by atoms with Crippen LogP contribution in [0.25, 0.3) is 10.8 Å². The Bertz CT molecular complexity index is 500. The molecule has 0 aliphatic heterocycles. The van der Waals surface area contributed by atoms with E-state index in [0.29, 0.717) is 5.19 Å². The van der Waals surface area contributed by atoms with Gasteiger partial charge in [-0.25, -0.2) is 0 Å². The van der Waals surface area contributed by atoms with Crippen LogP contribution in [0.5, 0.6) is 0 Å². The van der Waals surface area contributed by atoms with Crippen LogP contribution >= 0.6 is 0 Å². The molecule has 2 aromatic carbocycles. The Morgan fingerprint density at radius 2 is 1.67 bits per heavy atom. The first-order valence-electron chi connectivity index (χ1n) is 4.72. The zero-order valence-corrected chi connectivity index (χ0v) is 9.22. The highest BCUT2D eigenvalue weighted by atomic mass is 28.4. The number of hydrogen-bond acceptors (Lipinski definition) is 2. The largest absolute Gasteiger partial charge is 0.404 e. The van der Waals surface area contributed by atoms with E-state index in [9.17, 15) is 9.59 Å². The average Bonchev–Trinajstić information content (AvgIpc) is 2.28. The fraction of sp³-hybridized carbons (Fsp3) is 0. The summed E-state index contributed by atoms with van der Waals surface area (Å²) in [6, 6.07) is 13.2. The SMILES string of the molecule is C=C[Si](O)(O)c1cccc2ccccc12. The summed E-state index contributed by atoms with van der Waals surface area (Å²) in [5.41, 5.74) is 1.26. The van der Waals surface area contributed by atoms with Gasteiger partial charge in [0, 0.05) is 5.19 Å². The van der Waals surface area contributed by atoms with E-state index in [1.807, 2.05) is 36.4 Å². The summed E-state index contributed by atoms with van der Waals surface area (Å²) in [5, 5.41) is 2.49. The lowest BCUT2D eigenvalue weighted by atomic mass is 10.1. The van der Waals surface area contributed by atoms with E-state index in [1.54, 1.807) is 6.07 Å². The van der Waals surface area contributed by atoms with Crippen LogP contribution in [0, 0.1) is 0 Å². The summed E-state index contributed by atoms with van der Waals surface area (Å²) in [6.45, 7) is 3.48. The Hall–Kier alpha value is -1.42. The zero-order chi connectivity index (χ0) is 10.9. The lowest BCUT2D eigenvalue weighted by Crippen LogP contribution is -2.47. The molecule has 0 atom stereocenters. The van der Waals surface area contributed by atoms with Gasteiger partial charge in [-0.05, 0) is 16.5 Å². The molecule has 0 saturated carbocycles. The number of hydrogen-bond donors (Lipinski definition) is 2. The highest BCUT2D eigenvalue weighted by Gasteiger charge is 2.29. The minimum Gasteiger partial charge on any atom is -0.404 e. The fourth-order valence-electron chi connectivity index (χ4n) is 1.66. The minimum absolute atomic E-state index is 0.593. The third kappa shape index (κ3) is 1.72. The van der Waals surface area contributed by atoms with Crippen LogP contribution in [0.4, 0.5) is 0 Å². The van der Waals surface area contributed by atoms with Crippen LogP contribution in [0.3, 0.4) is 0 Å². The smallest absolute Gasteiger partial charge is 0.394 e. The predicted octanol–water partition coefficient (Wildman–Crippen LogP) is 1.20. The van der Waals surface area contributed by atoms with Gasteiger partial charge in [-0.3, -0.25) is 0 Å². The highest BCUT2D eigenvalue weighted by Crippen LogP contribution is 2.13. The van der Waals surface area contributed by atoms with E-state index in [1.165, 1.54) is 5.70 Å². The van der Waals surface area contributed by atoms with Crippen molar-refractivity contribution < 1.29 is 9.59 Å². The summed E-state index contributed by atoms with van der Waals surface area (Å²) in [6.07, 6.45) is 0. The Kier molecular flexibility index (Phi) is 2.44. The molecule has 0 bridgehead atoms. The zero-order valence-electron chi connectivity index (χ0n) is 8.22. The van der Waals surface area contributed by atoms with E-state index < -0.39 is 8.56 Å². The van der Waals surface area contributed by atoms with E-state index in [4.69, 9.17) is 0 Å². The normalized spacial score (nSPS) is 11.6. The molecule has 0 radical (unpaired) electrons. The molecule has 76 valence electrons. The summed E-state index contributed by atoms with van der Waals surface area (Å²) in [5.74, 6) is 0. The van der Waals surface area contributed by atoms with Crippen LogP contribution in [-0.4, -0.2) is 18.2 Å². The summed E-state index contributed by atoms with van der Waals surface area (Å²) >= 11 is 0. The minimum atomic E-state index is -3.45. The molecule has 2 aromatic rings. The number of rotatable bonds is 2. The molecule has 0 aromatic heterocycles. The maximum atomic E-state index is 9.87. The van der Waals surface area contributed by atoms with Gasteiger partial charge in [0.25, 0.3) is 0 Å². The molecule has 0 aliphatic rings. The molecule has 2 nitrogen and oxygen atoms in total. The Labute approximate surface area is 89.4 Å². The summed E-state index contributed by atoms with van der Waals surface area (Å²) < 4.78 is 0. The van der Waals surface area contributed by atoms with Crippen LogP contribution in [0.2, 0.25) is 0 Å². The maximum Gasteiger partial charge on any atom is 0.394 e. The molecule has 2 N–H and O–H groups in total. The lowest BCUT2D eigenvalue weighted by molar-refractivity contribution is 0.400. The van der Waals surface area contributed by atoms with Crippen LogP contribution in [-0.2, 0) is 0 Å². The third-order valence-corrected chi connectivity index (χ3v) is 4.27. The molecule has 0 spiro atoms. The molecule has 0 aliphatic carbocycles. The number of benzene rings is 2. The van der Waals surface area contributed by atoms with Crippen LogP contribution < -0.4 is 5.19 Å². The molecule has 15 heavy (non-hydrogen) atoms. The van der Waals surface area contributed by atoms with Gasteiger partial charge in [0.05, 0.1) is 0 Å². The maximum absolute atomic E-state index is 9.87. The van der Waals surface area contributed by atoms with Crippen molar-refractivity contribution in [3.8, 4) is 0 Å². The number of fused-ring (bicyclic) bond motifs is 1. The van der Waals surface area contributed by atoms with Crippen LogP contribution in [0.15, 0.2) is 54.7 Å². The third-order valence-electron chi connectivity index (χ3n) is 2.47. The molecular formula is C12H12O2Si. The van der Waals surface area contributed by atoms with Crippen molar-refractivity contribution in [3.05, 3.63) is 54.7 Å². The Morgan fingerprint density at radius 3 is 2.40 bits per heavy atom. The van der Waals surface area contributed by atoms with Crippen molar-refractivity contribution >= 4 is 24.5 Å². The van der Waals surface area contributed by atoms with E-state index in [-0.39, 0.29) is 0 Å². The second kappa shape index (κ2) is 3.62. The van der Waals surface area contributed by atoms with Gasteiger partial charge in [-0.15, -0.1) is 6.58 Å². The lowest BCUT2D eigenvalue weighted by Gasteiger charge is -2.15. The summed E-state index contributed by atoms with van der Waals surface area (Å²) in [4.78, 5) is 19.7. The second-order valence-electron chi connectivity index (χ2n) is 3.46. The van der Waals surface area contributed by atoms with Crippen molar-refractivity contribution in [3.63, 3.8) is 0 Å².